The third-order valence-corrected chi connectivity index (χ3v) is 3.01. The van der Waals surface area contributed by atoms with E-state index in [1.54, 1.807) is 19.1 Å². The van der Waals surface area contributed by atoms with Crippen LogP contribution in [-0.2, 0) is 0 Å². The van der Waals surface area contributed by atoms with Gasteiger partial charge in [-0.2, -0.15) is 0 Å². The number of hydrogen-bond acceptors (Lipinski definition) is 2. The summed E-state index contributed by atoms with van der Waals surface area (Å²) in [7, 11) is 0. The lowest BCUT2D eigenvalue weighted by atomic mass is 9.95. The molecule has 15 heavy (non-hydrogen) atoms. The number of hydrogen-bond donors (Lipinski definition) is 2. The topological polar surface area (TPSA) is 32.3 Å². The molecule has 0 saturated carbocycles. The van der Waals surface area contributed by atoms with Crippen molar-refractivity contribution in [3.05, 3.63) is 29.1 Å². The average Bonchev–Trinajstić information content (AvgIpc) is 2.26. The van der Waals surface area contributed by atoms with Crippen LogP contribution in [0.4, 0.5) is 4.39 Å². The molecule has 1 aliphatic rings. The molecule has 82 valence electrons. The molecule has 1 heterocycles. The largest absolute Gasteiger partial charge is 0.508 e. The van der Waals surface area contributed by atoms with Gasteiger partial charge < -0.3 is 10.4 Å². The van der Waals surface area contributed by atoms with E-state index in [9.17, 15) is 9.50 Å². The zero-order chi connectivity index (χ0) is 10.8. The van der Waals surface area contributed by atoms with Gasteiger partial charge in [0, 0.05) is 11.6 Å². The number of benzene rings is 1. The van der Waals surface area contributed by atoms with Crippen LogP contribution in [0.1, 0.15) is 36.4 Å². The van der Waals surface area contributed by atoms with Crippen LogP contribution in [0, 0.1) is 12.7 Å². The normalized spacial score (nSPS) is 21.6. The van der Waals surface area contributed by atoms with Gasteiger partial charge in [-0.3, -0.25) is 0 Å². The Morgan fingerprint density at radius 2 is 2.20 bits per heavy atom. The summed E-state index contributed by atoms with van der Waals surface area (Å²) < 4.78 is 13.8. The van der Waals surface area contributed by atoms with Gasteiger partial charge in [0.05, 0.1) is 0 Å². The molecule has 1 fully saturated rings. The van der Waals surface area contributed by atoms with Crippen LogP contribution in [0.2, 0.25) is 0 Å². The van der Waals surface area contributed by atoms with Gasteiger partial charge in [0.1, 0.15) is 11.6 Å². The van der Waals surface area contributed by atoms with Crippen molar-refractivity contribution < 1.29 is 9.50 Å². The van der Waals surface area contributed by atoms with Crippen LogP contribution in [0.5, 0.6) is 5.75 Å². The van der Waals surface area contributed by atoms with Crippen LogP contribution < -0.4 is 5.32 Å². The summed E-state index contributed by atoms with van der Waals surface area (Å²) in [4.78, 5) is 0. The van der Waals surface area contributed by atoms with Crippen molar-refractivity contribution in [2.75, 3.05) is 6.54 Å². The van der Waals surface area contributed by atoms with Gasteiger partial charge in [0.2, 0.25) is 0 Å². The third kappa shape index (κ3) is 1.97. The molecule has 1 aromatic rings. The molecule has 0 amide bonds. The summed E-state index contributed by atoms with van der Waals surface area (Å²) in [6.07, 6.45) is 3.11. The van der Waals surface area contributed by atoms with E-state index < -0.39 is 0 Å². The molecular weight excluding hydrogens is 193 g/mol. The molecule has 2 nitrogen and oxygen atoms in total. The van der Waals surface area contributed by atoms with Crippen molar-refractivity contribution in [2.24, 2.45) is 0 Å². The molecular formula is C12H16FNO. The minimum absolute atomic E-state index is 0.0290. The number of piperidine rings is 1. The van der Waals surface area contributed by atoms with Crippen LogP contribution in [0.25, 0.3) is 0 Å². The number of aromatic hydroxyl groups is 1. The fourth-order valence-electron chi connectivity index (χ4n) is 2.12. The van der Waals surface area contributed by atoms with E-state index in [2.05, 4.69) is 5.32 Å². The lowest BCUT2D eigenvalue weighted by Crippen LogP contribution is -2.27. The first-order valence-corrected chi connectivity index (χ1v) is 5.41. The van der Waals surface area contributed by atoms with Crippen molar-refractivity contribution >= 4 is 0 Å². The molecule has 3 heteroatoms. The Kier molecular flexibility index (Phi) is 2.91. The van der Waals surface area contributed by atoms with E-state index in [1.807, 2.05) is 0 Å². The Hall–Kier alpha value is -1.09. The molecule has 0 aromatic heterocycles. The maximum absolute atomic E-state index is 13.8. The van der Waals surface area contributed by atoms with E-state index >= 15 is 0 Å². The molecule has 1 saturated heterocycles. The second-order valence-electron chi connectivity index (χ2n) is 4.13. The minimum Gasteiger partial charge on any atom is -0.508 e. The Morgan fingerprint density at radius 3 is 2.87 bits per heavy atom. The fourth-order valence-corrected chi connectivity index (χ4v) is 2.12. The molecule has 2 rings (SSSR count). The standard InChI is InChI=1S/C12H16FNO/c1-8-5-6-10(15)11(12(8)13)9-4-2-3-7-14-9/h5-6,9,14-15H,2-4,7H2,1H3. The third-order valence-electron chi connectivity index (χ3n) is 3.01. The Labute approximate surface area is 89.1 Å². The number of rotatable bonds is 1. The summed E-state index contributed by atoms with van der Waals surface area (Å²) in [5.41, 5.74) is 1.03. The van der Waals surface area contributed by atoms with Gasteiger partial charge in [0.15, 0.2) is 0 Å². The molecule has 0 radical (unpaired) electrons. The van der Waals surface area contributed by atoms with Gasteiger partial charge >= 0.3 is 0 Å². The van der Waals surface area contributed by atoms with Gasteiger partial charge in [0.25, 0.3) is 0 Å². The molecule has 1 aliphatic heterocycles. The minimum atomic E-state index is -0.269. The van der Waals surface area contributed by atoms with E-state index in [0.29, 0.717) is 11.1 Å². The van der Waals surface area contributed by atoms with Gasteiger partial charge in [-0.05, 0) is 37.9 Å². The fraction of sp³-hybridized carbons (Fsp3) is 0.500. The molecule has 0 aliphatic carbocycles. The summed E-state index contributed by atoms with van der Waals surface area (Å²) in [6, 6.07) is 3.15. The summed E-state index contributed by atoms with van der Waals surface area (Å²) in [6.45, 7) is 2.62. The van der Waals surface area contributed by atoms with Crippen molar-refractivity contribution in [3.63, 3.8) is 0 Å². The van der Waals surface area contributed by atoms with Crippen molar-refractivity contribution in [3.8, 4) is 5.75 Å². The number of halogens is 1. The van der Waals surface area contributed by atoms with Crippen molar-refractivity contribution in [2.45, 2.75) is 32.2 Å². The van der Waals surface area contributed by atoms with Gasteiger partial charge in [-0.1, -0.05) is 12.5 Å². The second kappa shape index (κ2) is 4.19. The summed E-state index contributed by atoms with van der Waals surface area (Å²) in [5.74, 6) is -0.202. The highest BCUT2D eigenvalue weighted by Crippen LogP contribution is 2.33. The lowest BCUT2D eigenvalue weighted by molar-refractivity contribution is 0.376. The predicted molar refractivity (Wildman–Crippen MR) is 57.4 cm³/mol. The average molecular weight is 209 g/mol. The quantitative estimate of drug-likeness (QED) is 0.745. The molecule has 1 atom stereocenters. The molecule has 1 unspecified atom stereocenters. The first-order chi connectivity index (χ1) is 7.20. The molecule has 0 bridgehead atoms. The molecule has 0 spiro atoms. The van der Waals surface area contributed by atoms with E-state index in [1.165, 1.54) is 0 Å². The van der Waals surface area contributed by atoms with E-state index in [0.717, 1.165) is 25.8 Å². The second-order valence-corrected chi connectivity index (χ2v) is 4.13. The predicted octanol–water partition coefficient (Wildman–Crippen LogP) is 2.65. The van der Waals surface area contributed by atoms with Crippen LogP contribution in [0.15, 0.2) is 12.1 Å². The van der Waals surface area contributed by atoms with Crippen LogP contribution >= 0.6 is 0 Å². The maximum atomic E-state index is 13.8. The number of aryl methyl sites for hydroxylation is 1. The maximum Gasteiger partial charge on any atom is 0.134 e. The van der Waals surface area contributed by atoms with E-state index in [-0.39, 0.29) is 17.6 Å². The number of nitrogens with one attached hydrogen (secondary N) is 1. The zero-order valence-electron chi connectivity index (χ0n) is 8.89. The zero-order valence-corrected chi connectivity index (χ0v) is 8.89. The lowest BCUT2D eigenvalue weighted by Gasteiger charge is -2.25. The monoisotopic (exact) mass is 209 g/mol. The molecule has 1 aromatic carbocycles. The first kappa shape index (κ1) is 10.4. The first-order valence-electron chi connectivity index (χ1n) is 5.41. The summed E-state index contributed by atoms with van der Waals surface area (Å²) in [5, 5.41) is 12.9. The van der Waals surface area contributed by atoms with Crippen molar-refractivity contribution in [1.29, 1.82) is 0 Å². The van der Waals surface area contributed by atoms with E-state index in [4.69, 9.17) is 0 Å². The highest BCUT2D eigenvalue weighted by atomic mass is 19.1. The van der Waals surface area contributed by atoms with Gasteiger partial charge in [-0.25, -0.2) is 4.39 Å². The number of phenols is 1. The molecule has 2 N–H and O–H groups in total. The Balaban J connectivity index is 2.36. The SMILES string of the molecule is Cc1ccc(O)c(C2CCCCN2)c1F. The van der Waals surface area contributed by atoms with Crippen molar-refractivity contribution in [1.82, 2.24) is 5.32 Å². The highest BCUT2D eigenvalue weighted by molar-refractivity contribution is 5.39. The Bertz CT molecular complexity index is 359. The van der Waals surface area contributed by atoms with Crippen LogP contribution in [-0.4, -0.2) is 11.7 Å². The summed E-state index contributed by atoms with van der Waals surface area (Å²) >= 11 is 0. The smallest absolute Gasteiger partial charge is 0.134 e. The van der Waals surface area contributed by atoms with Gasteiger partial charge in [-0.15, -0.1) is 0 Å². The number of phenolic OH excluding ortho intramolecular Hbond substituents is 1. The van der Waals surface area contributed by atoms with Crippen LogP contribution in [0.3, 0.4) is 0 Å². The highest BCUT2D eigenvalue weighted by Gasteiger charge is 2.22. The Morgan fingerprint density at radius 1 is 1.40 bits per heavy atom.